The summed E-state index contributed by atoms with van der Waals surface area (Å²) in [6, 6.07) is 20.4. The molecule has 210 valence electrons. The van der Waals surface area contributed by atoms with Crippen LogP contribution in [-0.2, 0) is 11.3 Å². The molecule has 0 saturated carbocycles. The SMILES string of the molecule is O=C(c1ccc2c(cnn2-c2cccc(F)c2)c1)N1CCC(c2nc3ccccc3n2CCC2CCOCC2)CC1. The van der Waals surface area contributed by atoms with Crippen LogP contribution in [0.4, 0.5) is 4.39 Å². The van der Waals surface area contributed by atoms with Gasteiger partial charge >= 0.3 is 0 Å². The summed E-state index contributed by atoms with van der Waals surface area (Å²) in [7, 11) is 0. The molecule has 0 N–H and O–H groups in total. The summed E-state index contributed by atoms with van der Waals surface area (Å²) < 4.78 is 23.5. The Bertz CT molecular complexity index is 1690. The monoisotopic (exact) mass is 551 g/mol. The molecular weight excluding hydrogens is 517 g/mol. The number of likely N-dealkylation sites (tertiary alicyclic amines) is 1. The molecule has 0 unspecified atom stereocenters. The molecule has 0 bridgehead atoms. The number of hydrogen-bond acceptors (Lipinski definition) is 4. The Morgan fingerprint density at radius 2 is 1.76 bits per heavy atom. The van der Waals surface area contributed by atoms with E-state index in [0.717, 1.165) is 74.1 Å². The first-order valence-electron chi connectivity index (χ1n) is 14.7. The molecule has 7 rings (SSSR count). The minimum absolute atomic E-state index is 0.0388. The number of aryl methyl sites for hydroxylation is 1. The van der Waals surface area contributed by atoms with Crippen LogP contribution < -0.4 is 0 Å². The number of amides is 1. The second kappa shape index (κ2) is 11.1. The quantitative estimate of drug-likeness (QED) is 0.247. The second-order valence-electron chi connectivity index (χ2n) is 11.3. The fraction of sp³-hybridized carbons (Fsp3) is 0.364. The van der Waals surface area contributed by atoms with Crippen LogP contribution in [0, 0.1) is 11.7 Å². The van der Waals surface area contributed by atoms with Crippen molar-refractivity contribution in [2.45, 2.75) is 44.6 Å². The van der Waals surface area contributed by atoms with Gasteiger partial charge in [0.05, 0.1) is 28.4 Å². The summed E-state index contributed by atoms with van der Waals surface area (Å²) in [6.07, 6.45) is 6.94. The lowest BCUT2D eigenvalue weighted by atomic mass is 9.94. The molecule has 2 fully saturated rings. The predicted octanol–water partition coefficient (Wildman–Crippen LogP) is 6.35. The van der Waals surface area contributed by atoms with E-state index in [1.165, 1.54) is 17.6 Å². The average Bonchev–Trinajstić information content (AvgIpc) is 3.61. The number of piperidine rings is 1. The normalized spacial score (nSPS) is 17.0. The smallest absolute Gasteiger partial charge is 0.253 e. The molecule has 5 aromatic rings. The number of carbonyl (C=O) groups excluding carboxylic acids is 1. The number of hydrogen-bond donors (Lipinski definition) is 0. The van der Waals surface area contributed by atoms with Gasteiger partial charge in [0, 0.05) is 49.7 Å². The van der Waals surface area contributed by atoms with E-state index >= 15 is 0 Å². The van der Waals surface area contributed by atoms with E-state index in [9.17, 15) is 9.18 Å². The van der Waals surface area contributed by atoms with Gasteiger partial charge in [0.2, 0.25) is 0 Å². The first kappa shape index (κ1) is 25.9. The summed E-state index contributed by atoms with van der Waals surface area (Å²) in [6.45, 7) is 4.12. The van der Waals surface area contributed by atoms with Crippen LogP contribution in [0.2, 0.25) is 0 Å². The van der Waals surface area contributed by atoms with Crippen molar-refractivity contribution in [2.75, 3.05) is 26.3 Å². The Labute approximate surface area is 238 Å². The number of para-hydroxylation sites is 2. The first-order valence-corrected chi connectivity index (χ1v) is 14.7. The van der Waals surface area contributed by atoms with Gasteiger partial charge in [-0.2, -0.15) is 5.10 Å². The van der Waals surface area contributed by atoms with Crippen LogP contribution in [0.1, 0.15) is 54.2 Å². The Kier molecular flexibility index (Phi) is 7.00. The molecular formula is C33H34FN5O2. The number of ether oxygens (including phenoxy) is 1. The Balaban J connectivity index is 1.06. The van der Waals surface area contributed by atoms with Crippen molar-refractivity contribution in [3.05, 3.63) is 90.1 Å². The summed E-state index contributed by atoms with van der Waals surface area (Å²) in [4.78, 5) is 20.6. The molecule has 4 heterocycles. The van der Waals surface area contributed by atoms with Gasteiger partial charge in [0.15, 0.2) is 0 Å². The van der Waals surface area contributed by atoms with Crippen LogP contribution >= 0.6 is 0 Å². The lowest BCUT2D eigenvalue weighted by molar-refractivity contribution is 0.0624. The lowest BCUT2D eigenvalue weighted by Crippen LogP contribution is -2.38. The highest BCUT2D eigenvalue weighted by Gasteiger charge is 2.29. The fourth-order valence-corrected chi connectivity index (χ4v) is 6.49. The summed E-state index contributed by atoms with van der Waals surface area (Å²) in [5.74, 6) is 1.92. The number of halogens is 1. The minimum atomic E-state index is -0.309. The number of rotatable bonds is 6. The molecule has 0 aliphatic carbocycles. The lowest BCUT2D eigenvalue weighted by Gasteiger charge is -2.32. The van der Waals surface area contributed by atoms with E-state index < -0.39 is 0 Å². The molecule has 1 amide bonds. The second-order valence-corrected chi connectivity index (χ2v) is 11.3. The Morgan fingerprint density at radius 3 is 2.59 bits per heavy atom. The molecule has 2 aliphatic heterocycles. The maximum Gasteiger partial charge on any atom is 0.253 e. The number of fused-ring (bicyclic) bond motifs is 2. The maximum absolute atomic E-state index is 13.8. The largest absolute Gasteiger partial charge is 0.381 e. The van der Waals surface area contributed by atoms with Crippen LogP contribution in [0.15, 0.2) is 72.9 Å². The number of carbonyl (C=O) groups is 1. The van der Waals surface area contributed by atoms with Crippen molar-refractivity contribution in [3.63, 3.8) is 0 Å². The molecule has 2 aliphatic rings. The van der Waals surface area contributed by atoms with Crippen LogP contribution in [0.3, 0.4) is 0 Å². The molecule has 0 radical (unpaired) electrons. The molecule has 2 saturated heterocycles. The van der Waals surface area contributed by atoms with Crippen molar-refractivity contribution in [2.24, 2.45) is 5.92 Å². The third kappa shape index (κ3) is 5.12. The summed E-state index contributed by atoms with van der Waals surface area (Å²) in [5.41, 5.74) is 4.41. The van der Waals surface area contributed by atoms with Crippen molar-refractivity contribution >= 4 is 27.8 Å². The first-order chi connectivity index (χ1) is 20.1. The Hall–Kier alpha value is -4.04. The van der Waals surface area contributed by atoms with Crippen LogP contribution in [0.5, 0.6) is 0 Å². The van der Waals surface area contributed by atoms with E-state index in [-0.39, 0.29) is 11.7 Å². The Morgan fingerprint density at radius 1 is 0.927 bits per heavy atom. The molecule has 2 aromatic heterocycles. The zero-order valence-electron chi connectivity index (χ0n) is 23.1. The number of aromatic nitrogens is 4. The van der Waals surface area contributed by atoms with E-state index in [0.29, 0.717) is 36.2 Å². The topological polar surface area (TPSA) is 65.2 Å². The highest BCUT2D eigenvalue weighted by Crippen LogP contribution is 2.32. The van der Waals surface area contributed by atoms with Crippen molar-refractivity contribution in [1.29, 1.82) is 0 Å². The zero-order valence-corrected chi connectivity index (χ0v) is 23.1. The maximum atomic E-state index is 13.8. The van der Waals surface area contributed by atoms with Gasteiger partial charge < -0.3 is 14.2 Å². The van der Waals surface area contributed by atoms with Gasteiger partial charge in [-0.25, -0.2) is 14.1 Å². The highest BCUT2D eigenvalue weighted by molar-refractivity contribution is 5.98. The molecule has 8 heteroatoms. The van der Waals surface area contributed by atoms with E-state index in [1.54, 1.807) is 16.9 Å². The molecule has 3 aromatic carbocycles. The van der Waals surface area contributed by atoms with Crippen molar-refractivity contribution in [1.82, 2.24) is 24.2 Å². The van der Waals surface area contributed by atoms with Gasteiger partial charge in [0.1, 0.15) is 11.6 Å². The van der Waals surface area contributed by atoms with Gasteiger partial charge in [-0.1, -0.05) is 18.2 Å². The van der Waals surface area contributed by atoms with Gasteiger partial charge in [-0.15, -0.1) is 0 Å². The van der Waals surface area contributed by atoms with Gasteiger partial charge in [0.25, 0.3) is 5.91 Å². The minimum Gasteiger partial charge on any atom is -0.381 e. The molecule has 0 atom stereocenters. The molecule has 7 nitrogen and oxygen atoms in total. The van der Waals surface area contributed by atoms with E-state index in [1.807, 2.05) is 29.2 Å². The number of nitrogens with zero attached hydrogens (tertiary/aromatic N) is 5. The standard InChI is InChI=1S/C33H34FN5O2/c34-27-4-3-5-28(21-27)39-30-9-8-25(20-26(30)22-35-39)33(40)37-15-11-24(12-16-37)32-36-29-6-1-2-7-31(29)38(32)17-10-23-13-18-41-19-14-23/h1-9,20-24H,10-19H2. The third-order valence-electron chi connectivity index (χ3n) is 8.80. The predicted molar refractivity (Wildman–Crippen MR) is 157 cm³/mol. The van der Waals surface area contributed by atoms with Crippen molar-refractivity contribution < 1.29 is 13.9 Å². The van der Waals surface area contributed by atoms with Gasteiger partial charge in [-0.05, 0) is 86.6 Å². The number of imidazole rings is 1. The van der Waals surface area contributed by atoms with E-state index in [4.69, 9.17) is 9.72 Å². The molecule has 41 heavy (non-hydrogen) atoms. The average molecular weight is 552 g/mol. The third-order valence-corrected chi connectivity index (χ3v) is 8.80. The van der Waals surface area contributed by atoms with Crippen LogP contribution in [-0.4, -0.2) is 56.4 Å². The molecule has 0 spiro atoms. The summed E-state index contributed by atoms with van der Waals surface area (Å²) in [5, 5.41) is 5.30. The van der Waals surface area contributed by atoms with Crippen LogP contribution in [0.25, 0.3) is 27.6 Å². The van der Waals surface area contributed by atoms with E-state index in [2.05, 4.69) is 33.9 Å². The summed E-state index contributed by atoms with van der Waals surface area (Å²) >= 11 is 0. The fourth-order valence-electron chi connectivity index (χ4n) is 6.49. The van der Waals surface area contributed by atoms with Crippen molar-refractivity contribution in [3.8, 4) is 5.69 Å². The zero-order chi connectivity index (χ0) is 27.8. The highest BCUT2D eigenvalue weighted by atomic mass is 19.1. The number of benzene rings is 3. The van der Waals surface area contributed by atoms with Gasteiger partial charge in [-0.3, -0.25) is 4.79 Å².